The summed E-state index contributed by atoms with van der Waals surface area (Å²) in [6.45, 7) is 4.36. The van der Waals surface area contributed by atoms with Crippen LogP contribution in [0.4, 0.5) is 0 Å². The van der Waals surface area contributed by atoms with Crippen molar-refractivity contribution in [2.24, 2.45) is 0 Å². The Labute approximate surface area is 128 Å². The second-order valence-corrected chi connectivity index (χ2v) is 6.15. The molecular weight excluding hydrogens is 308 g/mol. The minimum atomic E-state index is 0.231. The highest BCUT2D eigenvalue weighted by Gasteiger charge is 2.16. The number of halogens is 1. The quantitative estimate of drug-likeness (QED) is 0.511. The predicted octanol–water partition coefficient (Wildman–Crippen LogP) is 5.94. The molecule has 3 aromatic rings. The van der Waals surface area contributed by atoms with E-state index >= 15 is 0 Å². The highest BCUT2D eigenvalue weighted by molar-refractivity contribution is 9.09. The fourth-order valence-corrected chi connectivity index (χ4v) is 3.98. The molecule has 0 spiro atoms. The van der Waals surface area contributed by atoms with Crippen molar-refractivity contribution in [1.29, 1.82) is 0 Å². The van der Waals surface area contributed by atoms with Crippen LogP contribution in [0.15, 0.2) is 60.7 Å². The Kier molecular flexibility index (Phi) is 3.62. The summed E-state index contributed by atoms with van der Waals surface area (Å²) in [5, 5.41) is 2.61. The maximum atomic E-state index is 3.92. The number of fused-ring (bicyclic) bond motifs is 1. The molecule has 100 valence electrons. The first-order chi connectivity index (χ1) is 9.68. The Hall–Kier alpha value is -1.60. The molecule has 0 saturated heterocycles. The average Bonchev–Trinajstić information content (AvgIpc) is 2.46. The molecule has 0 bridgehead atoms. The van der Waals surface area contributed by atoms with E-state index in [-0.39, 0.29) is 4.83 Å². The topological polar surface area (TPSA) is 0 Å². The first kappa shape index (κ1) is 13.4. The first-order valence-electron chi connectivity index (χ1n) is 6.86. The van der Waals surface area contributed by atoms with E-state index in [0.717, 1.165) is 0 Å². The summed E-state index contributed by atoms with van der Waals surface area (Å²) >= 11 is 3.92. The van der Waals surface area contributed by atoms with Crippen LogP contribution < -0.4 is 0 Å². The Morgan fingerprint density at radius 1 is 0.750 bits per heavy atom. The van der Waals surface area contributed by atoms with Gasteiger partial charge in [-0.2, -0.15) is 0 Å². The standard InChI is InChI=1S/C19H17Br/c1-13-7-5-8-14(2)18(13)19(20)17-12-6-10-15-9-3-4-11-16(15)17/h3-12,19H,1-2H3. The van der Waals surface area contributed by atoms with Crippen molar-refractivity contribution in [3.8, 4) is 0 Å². The van der Waals surface area contributed by atoms with Gasteiger partial charge in [-0.3, -0.25) is 0 Å². The third-order valence-electron chi connectivity index (χ3n) is 3.89. The fourth-order valence-electron chi connectivity index (χ4n) is 2.85. The Morgan fingerprint density at radius 3 is 2.10 bits per heavy atom. The fraction of sp³-hybridized carbons (Fsp3) is 0.158. The second kappa shape index (κ2) is 5.41. The van der Waals surface area contributed by atoms with Gasteiger partial charge in [-0.1, -0.05) is 76.6 Å². The third kappa shape index (κ3) is 2.27. The van der Waals surface area contributed by atoms with E-state index in [1.54, 1.807) is 0 Å². The lowest BCUT2D eigenvalue weighted by Gasteiger charge is -2.18. The number of hydrogen-bond acceptors (Lipinski definition) is 0. The number of rotatable bonds is 2. The maximum absolute atomic E-state index is 3.92. The molecule has 0 radical (unpaired) electrons. The normalized spacial score (nSPS) is 12.6. The second-order valence-electron chi connectivity index (χ2n) is 5.24. The molecule has 1 atom stereocenters. The predicted molar refractivity (Wildman–Crippen MR) is 90.6 cm³/mol. The van der Waals surface area contributed by atoms with E-state index in [0.29, 0.717) is 0 Å². The molecular formula is C19H17Br. The van der Waals surface area contributed by atoms with Crippen LogP contribution in [0.3, 0.4) is 0 Å². The number of alkyl halides is 1. The zero-order valence-corrected chi connectivity index (χ0v) is 13.3. The lowest BCUT2D eigenvalue weighted by atomic mass is 9.93. The van der Waals surface area contributed by atoms with Gasteiger partial charge in [-0.15, -0.1) is 0 Å². The van der Waals surface area contributed by atoms with Crippen molar-refractivity contribution in [2.45, 2.75) is 18.7 Å². The summed E-state index contributed by atoms with van der Waals surface area (Å²) in [6, 6.07) is 21.6. The SMILES string of the molecule is Cc1cccc(C)c1C(Br)c1cccc2ccccc12. The minimum Gasteiger partial charge on any atom is -0.0786 e. The van der Waals surface area contributed by atoms with Crippen molar-refractivity contribution in [3.05, 3.63) is 82.9 Å². The molecule has 0 nitrogen and oxygen atoms in total. The molecule has 0 aliphatic carbocycles. The third-order valence-corrected chi connectivity index (χ3v) is 4.84. The van der Waals surface area contributed by atoms with Crippen LogP contribution in [0.2, 0.25) is 0 Å². The summed E-state index contributed by atoms with van der Waals surface area (Å²) in [5.41, 5.74) is 5.38. The van der Waals surface area contributed by atoms with Crippen molar-refractivity contribution in [2.75, 3.05) is 0 Å². The van der Waals surface area contributed by atoms with Gasteiger partial charge in [0, 0.05) is 0 Å². The lowest BCUT2D eigenvalue weighted by Crippen LogP contribution is -1.99. The Balaban J connectivity index is 2.21. The first-order valence-corrected chi connectivity index (χ1v) is 7.78. The van der Waals surface area contributed by atoms with Gasteiger partial charge in [0.25, 0.3) is 0 Å². The van der Waals surface area contributed by atoms with E-state index < -0.39 is 0 Å². The Morgan fingerprint density at radius 2 is 1.35 bits per heavy atom. The summed E-state index contributed by atoms with van der Waals surface area (Å²) in [5.74, 6) is 0. The van der Waals surface area contributed by atoms with Crippen LogP contribution in [0.1, 0.15) is 27.1 Å². The van der Waals surface area contributed by atoms with Crippen LogP contribution in [0.5, 0.6) is 0 Å². The number of aryl methyl sites for hydroxylation is 2. The Bertz CT molecular complexity index is 733. The zero-order valence-electron chi connectivity index (χ0n) is 11.7. The van der Waals surface area contributed by atoms with Gasteiger partial charge in [0.15, 0.2) is 0 Å². The monoisotopic (exact) mass is 324 g/mol. The largest absolute Gasteiger partial charge is 0.0786 e. The maximum Gasteiger partial charge on any atom is 0.0655 e. The van der Waals surface area contributed by atoms with Crippen molar-refractivity contribution in [1.82, 2.24) is 0 Å². The van der Waals surface area contributed by atoms with E-state index in [2.05, 4.69) is 90.4 Å². The van der Waals surface area contributed by atoms with Crippen molar-refractivity contribution >= 4 is 26.7 Å². The van der Waals surface area contributed by atoms with Gasteiger partial charge in [0.05, 0.1) is 4.83 Å². The number of benzene rings is 3. The van der Waals surface area contributed by atoms with Crippen LogP contribution in [-0.2, 0) is 0 Å². The van der Waals surface area contributed by atoms with Gasteiger partial charge >= 0.3 is 0 Å². The lowest BCUT2D eigenvalue weighted by molar-refractivity contribution is 1.12. The van der Waals surface area contributed by atoms with Crippen molar-refractivity contribution in [3.63, 3.8) is 0 Å². The molecule has 3 aromatic carbocycles. The van der Waals surface area contributed by atoms with Gasteiger partial charge in [0.1, 0.15) is 0 Å². The molecule has 1 heteroatoms. The van der Waals surface area contributed by atoms with E-state index in [1.165, 1.54) is 33.0 Å². The molecule has 0 amide bonds. The molecule has 1 unspecified atom stereocenters. The van der Waals surface area contributed by atoms with Gasteiger partial charge in [0.2, 0.25) is 0 Å². The molecule has 0 N–H and O–H groups in total. The molecule has 0 heterocycles. The van der Waals surface area contributed by atoms with Crippen LogP contribution in [-0.4, -0.2) is 0 Å². The zero-order chi connectivity index (χ0) is 14.1. The summed E-state index contributed by atoms with van der Waals surface area (Å²) < 4.78 is 0. The molecule has 0 saturated carbocycles. The molecule has 0 aliphatic heterocycles. The summed E-state index contributed by atoms with van der Waals surface area (Å²) in [7, 11) is 0. The van der Waals surface area contributed by atoms with Crippen LogP contribution in [0.25, 0.3) is 10.8 Å². The molecule has 3 rings (SSSR count). The highest BCUT2D eigenvalue weighted by Crippen LogP contribution is 2.38. The molecule has 0 aromatic heterocycles. The minimum absolute atomic E-state index is 0.231. The van der Waals surface area contributed by atoms with Crippen LogP contribution >= 0.6 is 15.9 Å². The molecule has 0 fully saturated rings. The van der Waals surface area contributed by atoms with E-state index in [1.807, 2.05) is 0 Å². The molecule has 0 aliphatic rings. The van der Waals surface area contributed by atoms with E-state index in [4.69, 9.17) is 0 Å². The highest BCUT2D eigenvalue weighted by atomic mass is 79.9. The smallest absolute Gasteiger partial charge is 0.0655 e. The van der Waals surface area contributed by atoms with Gasteiger partial charge < -0.3 is 0 Å². The summed E-state index contributed by atoms with van der Waals surface area (Å²) in [6.07, 6.45) is 0. The average molecular weight is 325 g/mol. The molecule has 20 heavy (non-hydrogen) atoms. The van der Waals surface area contributed by atoms with Gasteiger partial charge in [-0.25, -0.2) is 0 Å². The van der Waals surface area contributed by atoms with Crippen LogP contribution in [0, 0.1) is 13.8 Å². The van der Waals surface area contributed by atoms with Gasteiger partial charge in [-0.05, 0) is 46.9 Å². The number of hydrogen-bond donors (Lipinski definition) is 0. The van der Waals surface area contributed by atoms with Crippen molar-refractivity contribution < 1.29 is 0 Å². The van der Waals surface area contributed by atoms with E-state index in [9.17, 15) is 0 Å². The summed E-state index contributed by atoms with van der Waals surface area (Å²) in [4.78, 5) is 0.231.